The van der Waals surface area contributed by atoms with Crippen LogP contribution >= 0.6 is 0 Å². The van der Waals surface area contributed by atoms with E-state index < -0.39 is 11.7 Å². The van der Waals surface area contributed by atoms with Gasteiger partial charge in [0, 0.05) is 22.2 Å². The summed E-state index contributed by atoms with van der Waals surface area (Å²) in [5.41, 5.74) is 4.06. The fraction of sp³-hybridized carbons (Fsp3) is 0.172. The number of carbonyl (C=O) groups is 1. The number of nitrogens with one attached hydrogen (secondary N) is 1. The predicted molar refractivity (Wildman–Crippen MR) is 136 cm³/mol. The standard InChI is InChI=1S/C29H25F3N2O/c1-3-8-20-14-16-26-25(17-20)28(33-23-12-7-11-22(18-23)29(30,31)32)24(15-13-19(2)35)27(34-26)21-9-5-4-6-10-21/h4-7,9-18H,3,8H2,1-2H3,(H,33,34)/b15-13+. The van der Waals surface area contributed by atoms with Gasteiger partial charge in [-0.2, -0.15) is 13.2 Å². The van der Waals surface area contributed by atoms with Crippen LogP contribution in [0.3, 0.4) is 0 Å². The minimum atomic E-state index is -4.46. The molecule has 1 heterocycles. The maximum absolute atomic E-state index is 13.4. The molecule has 4 aromatic rings. The molecule has 1 N–H and O–H groups in total. The highest BCUT2D eigenvalue weighted by molar-refractivity contribution is 6.03. The molecule has 6 heteroatoms. The summed E-state index contributed by atoms with van der Waals surface area (Å²) in [5.74, 6) is -0.145. The summed E-state index contributed by atoms with van der Waals surface area (Å²) in [5, 5.41) is 4.00. The van der Waals surface area contributed by atoms with Crippen LogP contribution in [0.5, 0.6) is 0 Å². The van der Waals surface area contributed by atoms with Crippen LogP contribution in [0.15, 0.2) is 78.9 Å². The van der Waals surface area contributed by atoms with Gasteiger partial charge < -0.3 is 5.32 Å². The smallest absolute Gasteiger partial charge is 0.354 e. The number of hydrogen-bond donors (Lipinski definition) is 1. The Balaban J connectivity index is 2.01. The van der Waals surface area contributed by atoms with Gasteiger partial charge in [0.15, 0.2) is 5.78 Å². The molecule has 3 nitrogen and oxygen atoms in total. The highest BCUT2D eigenvalue weighted by Crippen LogP contribution is 2.38. The second-order valence-electron chi connectivity index (χ2n) is 8.36. The fourth-order valence-electron chi connectivity index (χ4n) is 4.00. The van der Waals surface area contributed by atoms with Crippen LogP contribution < -0.4 is 5.32 Å². The maximum atomic E-state index is 13.4. The van der Waals surface area contributed by atoms with Crippen LogP contribution in [-0.2, 0) is 17.4 Å². The van der Waals surface area contributed by atoms with Crippen molar-refractivity contribution in [3.05, 3.63) is 95.6 Å². The second-order valence-corrected chi connectivity index (χ2v) is 8.36. The van der Waals surface area contributed by atoms with E-state index in [-0.39, 0.29) is 5.78 Å². The highest BCUT2D eigenvalue weighted by atomic mass is 19.4. The molecule has 0 bridgehead atoms. The molecule has 0 saturated heterocycles. The van der Waals surface area contributed by atoms with Crippen molar-refractivity contribution in [3.8, 4) is 11.3 Å². The Labute approximate surface area is 202 Å². The molecule has 0 aliphatic rings. The summed E-state index contributed by atoms with van der Waals surface area (Å²) < 4.78 is 40.2. The van der Waals surface area contributed by atoms with Crippen molar-refractivity contribution in [2.45, 2.75) is 32.9 Å². The Morgan fingerprint density at radius 3 is 2.46 bits per heavy atom. The summed E-state index contributed by atoms with van der Waals surface area (Å²) in [6.07, 6.45) is 0.480. The van der Waals surface area contributed by atoms with Gasteiger partial charge in [0.1, 0.15) is 0 Å². The van der Waals surface area contributed by atoms with Crippen molar-refractivity contribution in [3.63, 3.8) is 0 Å². The zero-order chi connectivity index (χ0) is 25.0. The zero-order valence-electron chi connectivity index (χ0n) is 19.5. The molecule has 0 spiro atoms. The van der Waals surface area contributed by atoms with Gasteiger partial charge in [-0.25, -0.2) is 4.98 Å². The molecule has 0 fully saturated rings. The highest BCUT2D eigenvalue weighted by Gasteiger charge is 2.30. The number of fused-ring (bicyclic) bond motifs is 1. The minimum Gasteiger partial charge on any atom is -0.354 e. The van der Waals surface area contributed by atoms with Gasteiger partial charge in [-0.3, -0.25) is 4.79 Å². The number of aromatic nitrogens is 1. The Morgan fingerprint density at radius 1 is 1.00 bits per heavy atom. The number of halogens is 3. The van der Waals surface area contributed by atoms with Crippen LogP contribution in [0.25, 0.3) is 28.2 Å². The Bertz CT molecular complexity index is 1390. The average molecular weight is 475 g/mol. The van der Waals surface area contributed by atoms with Crippen LogP contribution in [0.2, 0.25) is 0 Å². The number of nitrogens with zero attached hydrogens (tertiary/aromatic N) is 1. The average Bonchev–Trinajstić information content (AvgIpc) is 2.83. The number of aryl methyl sites for hydroxylation is 1. The van der Waals surface area contributed by atoms with Crippen molar-refractivity contribution in [2.24, 2.45) is 0 Å². The lowest BCUT2D eigenvalue weighted by atomic mass is 9.97. The van der Waals surface area contributed by atoms with E-state index >= 15 is 0 Å². The summed E-state index contributed by atoms with van der Waals surface area (Å²) in [7, 11) is 0. The monoisotopic (exact) mass is 474 g/mol. The van der Waals surface area contributed by atoms with Crippen molar-refractivity contribution in [1.29, 1.82) is 0 Å². The Hall–Kier alpha value is -3.93. The lowest BCUT2D eigenvalue weighted by Gasteiger charge is -2.18. The van der Waals surface area contributed by atoms with Crippen LogP contribution in [-0.4, -0.2) is 10.8 Å². The lowest BCUT2D eigenvalue weighted by Crippen LogP contribution is -2.06. The molecule has 0 aliphatic heterocycles. The summed E-state index contributed by atoms with van der Waals surface area (Å²) in [6, 6.07) is 20.6. The third kappa shape index (κ3) is 5.60. The molecule has 35 heavy (non-hydrogen) atoms. The molecule has 0 amide bonds. The number of allylic oxidation sites excluding steroid dienone is 1. The van der Waals surface area contributed by atoms with E-state index in [9.17, 15) is 18.0 Å². The van der Waals surface area contributed by atoms with E-state index in [4.69, 9.17) is 4.98 Å². The first-order valence-electron chi connectivity index (χ1n) is 11.4. The number of carbonyl (C=O) groups excluding carboxylic acids is 1. The van der Waals surface area contributed by atoms with Crippen molar-refractivity contribution in [2.75, 3.05) is 5.32 Å². The molecule has 4 rings (SSSR count). The zero-order valence-corrected chi connectivity index (χ0v) is 19.5. The van der Waals surface area contributed by atoms with Gasteiger partial charge >= 0.3 is 6.18 Å². The Morgan fingerprint density at radius 2 is 1.77 bits per heavy atom. The van der Waals surface area contributed by atoms with Gasteiger partial charge in [0.05, 0.1) is 22.5 Å². The van der Waals surface area contributed by atoms with Crippen LogP contribution in [0, 0.1) is 0 Å². The van der Waals surface area contributed by atoms with Crippen molar-refractivity contribution in [1.82, 2.24) is 4.98 Å². The summed E-state index contributed by atoms with van der Waals surface area (Å²) in [6.45, 7) is 3.54. The van der Waals surface area contributed by atoms with E-state index in [1.165, 1.54) is 19.1 Å². The first kappa shape index (κ1) is 24.2. The summed E-state index contributed by atoms with van der Waals surface area (Å²) in [4.78, 5) is 16.7. The minimum absolute atomic E-state index is 0.145. The van der Waals surface area contributed by atoms with Gasteiger partial charge in [-0.1, -0.05) is 55.8 Å². The lowest BCUT2D eigenvalue weighted by molar-refractivity contribution is -0.137. The number of ketones is 1. The van der Waals surface area contributed by atoms with Crippen LogP contribution in [0.4, 0.5) is 24.5 Å². The van der Waals surface area contributed by atoms with Gasteiger partial charge in [0.25, 0.3) is 0 Å². The second kappa shape index (κ2) is 10.1. The number of alkyl halides is 3. The number of benzene rings is 3. The molecular weight excluding hydrogens is 449 g/mol. The molecule has 0 saturated carbocycles. The summed E-state index contributed by atoms with van der Waals surface area (Å²) >= 11 is 0. The van der Waals surface area contributed by atoms with Crippen molar-refractivity contribution < 1.29 is 18.0 Å². The number of pyridine rings is 1. The molecule has 0 unspecified atom stereocenters. The molecular formula is C29H25F3N2O. The van der Waals surface area contributed by atoms with E-state index in [0.717, 1.165) is 41.5 Å². The number of hydrogen-bond acceptors (Lipinski definition) is 3. The van der Waals surface area contributed by atoms with E-state index in [1.54, 1.807) is 12.1 Å². The van der Waals surface area contributed by atoms with Gasteiger partial charge in [-0.05, 0) is 61.4 Å². The maximum Gasteiger partial charge on any atom is 0.416 e. The third-order valence-electron chi connectivity index (χ3n) is 5.62. The first-order chi connectivity index (χ1) is 16.8. The third-order valence-corrected chi connectivity index (χ3v) is 5.62. The van der Waals surface area contributed by atoms with E-state index in [0.29, 0.717) is 28.1 Å². The topological polar surface area (TPSA) is 42.0 Å². The largest absolute Gasteiger partial charge is 0.416 e. The van der Waals surface area contributed by atoms with Gasteiger partial charge in [-0.15, -0.1) is 0 Å². The normalized spacial score (nSPS) is 11.8. The molecule has 3 aromatic carbocycles. The van der Waals surface area contributed by atoms with E-state index in [2.05, 4.69) is 12.2 Å². The fourth-order valence-corrected chi connectivity index (χ4v) is 4.00. The van der Waals surface area contributed by atoms with Gasteiger partial charge in [0.2, 0.25) is 0 Å². The molecule has 178 valence electrons. The molecule has 0 aliphatic carbocycles. The quantitative estimate of drug-likeness (QED) is 0.274. The SMILES string of the molecule is CCCc1ccc2nc(-c3ccccc3)c(/C=C/C(C)=O)c(Nc3cccc(C(F)(F)F)c3)c2c1. The first-order valence-corrected chi connectivity index (χ1v) is 11.4. The number of rotatable bonds is 7. The molecule has 1 aromatic heterocycles. The van der Waals surface area contributed by atoms with Crippen molar-refractivity contribution >= 4 is 34.1 Å². The molecule has 0 atom stereocenters. The van der Waals surface area contributed by atoms with E-state index in [1.807, 2.05) is 48.5 Å². The molecule has 0 radical (unpaired) electrons. The Kier molecular flexibility index (Phi) is 7.01. The van der Waals surface area contributed by atoms with Crippen LogP contribution in [0.1, 0.15) is 37.0 Å². The number of anilines is 2. The predicted octanol–water partition coefficient (Wildman–Crippen LogP) is 8.22.